The topological polar surface area (TPSA) is 78.9 Å². The molecule has 20 heavy (non-hydrogen) atoms. The van der Waals surface area contributed by atoms with Crippen molar-refractivity contribution in [1.82, 2.24) is 0 Å². The van der Waals surface area contributed by atoms with E-state index >= 15 is 0 Å². The molecule has 4 rings (SSSR count). The fourth-order valence-electron chi connectivity index (χ4n) is 4.59. The maximum absolute atomic E-state index is 11.6. The van der Waals surface area contributed by atoms with Crippen LogP contribution in [0.4, 0.5) is 10.7 Å². The van der Waals surface area contributed by atoms with Crippen molar-refractivity contribution in [1.29, 1.82) is 5.26 Å². The van der Waals surface area contributed by atoms with E-state index in [4.69, 9.17) is 5.73 Å². The van der Waals surface area contributed by atoms with Gasteiger partial charge >= 0.3 is 0 Å². The van der Waals surface area contributed by atoms with Crippen LogP contribution in [0.1, 0.15) is 41.4 Å². The molecule has 0 aliphatic heterocycles. The number of nitrogens with zero attached hydrogens (tertiary/aromatic N) is 1. The Kier molecular flexibility index (Phi) is 2.43. The van der Waals surface area contributed by atoms with Gasteiger partial charge in [-0.25, -0.2) is 0 Å². The average Bonchev–Trinajstić information content (AvgIpc) is 2.78. The van der Waals surface area contributed by atoms with Crippen LogP contribution in [0.2, 0.25) is 0 Å². The molecule has 104 valence electrons. The molecule has 0 saturated heterocycles. The standard InChI is InChI=1S/C15H17N3OS/c1-6(19)14-12(17)9(5-16)15(20-14)18-13-10-7-2-3-8(4-7)11(10)13/h7-8,10-11,13,18H,2-4,17H2,1H3. The summed E-state index contributed by atoms with van der Waals surface area (Å²) in [5.41, 5.74) is 6.73. The molecule has 4 unspecified atom stereocenters. The van der Waals surface area contributed by atoms with Gasteiger partial charge in [-0.3, -0.25) is 4.79 Å². The molecular formula is C15H17N3OS. The summed E-state index contributed by atoms with van der Waals surface area (Å²) >= 11 is 1.34. The van der Waals surface area contributed by atoms with Gasteiger partial charge in [-0.15, -0.1) is 11.3 Å². The summed E-state index contributed by atoms with van der Waals surface area (Å²) in [6.07, 6.45) is 4.16. The highest BCUT2D eigenvalue weighted by Crippen LogP contribution is 2.66. The van der Waals surface area contributed by atoms with Crippen LogP contribution in [0.5, 0.6) is 0 Å². The van der Waals surface area contributed by atoms with Crippen molar-refractivity contribution in [3.8, 4) is 6.07 Å². The molecule has 0 radical (unpaired) electrons. The van der Waals surface area contributed by atoms with Crippen LogP contribution in [0, 0.1) is 35.0 Å². The van der Waals surface area contributed by atoms with E-state index in [2.05, 4.69) is 11.4 Å². The van der Waals surface area contributed by atoms with Crippen molar-refractivity contribution in [2.75, 3.05) is 11.1 Å². The lowest BCUT2D eigenvalue weighted by molar-refractivity contribution is 0.102. The number of nitrogen functional groups attached to an aromatic ring is 1. The van der Waals surface area contributed by atoms with Crippen molar-refractivity contribution < 1.29 is 4.79 Å². The van der Waals surface area contributed by atoms with Gasteiger partial charge in [0.2, 0.25) is 0 Å². The van der Waals surface area contributed by atoms with Gasteiger partial charge in [-0.1, -0.05) is 0 Å². The molecule has 3 aliphatic rings. The summed E-state index contributed by atoms with van der Waals surface area (Å²) in [6.45, 7) is 1.50. The molecule has 0 amide bonds. The molecular weight excluding hydrogens is 270 g/mol. The first-order valence-electron chi connectivity index (χ1n) is 7.21. The van der Waals surface area contributed by atoms with Gasteiger partial charge in [-0.05, 0) is 42.9 Å². The molecule has 2 bridgehead atoms. The van der Waals surface area contributed by atoms with Gasteiger partial charge < -0.3 is 11.1 Å². The maximum atomic E-state index is 11.6. The van der Waals surface area contributed by atoms with Gasteiger partial charge in [0.15, 0.2) is 5.78 Å². The number of carbonyl (C=O) groups is 1. The predicted octanol–water partition coefficient (Wildman–Crippen LogP) is 2.86. The number of fused-ring (bicyclic) bond motifs is 5. The van der Waals surface area contributed by atoms with Gasteiger partial charge in [-0.2, -0.15) is 5.26 Å². The van der Waals surface area contributed by atoms with E-state index < -0.39 is 0 Å². The Hall–Kier alpha value is -1.54. The van der Waals surface area contributed by atoms with E-state index in [1.165, 1.54) is 37.5 Å². The maximum Gasteiger partial charge on any atom is 0.171 e. The first-order valence-corrected chi connectivity index (χ1v) is 8.03. The Morgan fingerprint density at radius 2 is 2.05 bits per heavy atom. The Bertz CT molecular complexity index is 628. The fraction of sp³-hybridized carbons (Fsp3) is 0.600. The van der Waals surface area contributed by atoms with Gasteiger partial charge in [0.25, 0.3) is 0 Å². The number of ketones is 1. The van der Waals surface area contributed by atoms with Crippen molar-refractivity contribution in [2.24, 2.45) is 23.7 Å². The third-order valence-corrected chi connectivity index (χ3v) is 6.65. The second kappa shape index (κ2) is 3.98. The quantitative estimate of drug-likeness (QED) is 0.838. The summed E-state index contributed by atoms with van der Waals surface area (Å²) in [5, 5.41) is 13.6. The summed E-state index contributed by atoms with van der Waals surface area (Å²) < 4.78 is 0. The third-order valence-electron chi connectivity index (χ3n) is 5.41. The Morgan fingerprint density at radius 3 is 2.60 bits per heavy atom. The zero-order valence-electron chi connectivity index (χ0n) is 11.3. The van der Waals surface area contributed by atoms with Crippen molar-refractivity contribution in [3.63, 3.8) is 0 Å². The van der Waals surface area contributed by atoms with E-state index in [1.807, 2.05) is 0 Å². The molecule has 3 fully saturated rings. The van der Waals surface area contributed by atoms with Crippen LogP contribution >= 0.6 is 11.3 Å². The first kappa shape index (κ1) is 12.2. The highest BCUT2D eigenvalue weighted by atomic mass is 32.1. The number of Topliss-reactive ketones (excluding diaryl/α,β-unsaturated/α-hetero) is 1. The van der Waals surface area contributed by atoms with Gasteiger partial charge in [0, 0.05) is 13.0 Å². The normalized spacial score (nSPS) is 36.5. The number of hydrogen-bond donors (Lipinski definition) is 2. The number of anilines is 2. The minimum atomic E-state index is -0.0619. The molecule has 0 spiro atoms. The predicted molar refractivity (Wildman–Crippen MR) is 78.7 cm³/mol. The van der Waals surface area contributed by atoms with E-state index in [0.29, 0.717) is 22.2 Å². The number of nitriles is 1. The zero-order chi connectivity index (χ0) is 14.0. The molecule has 3 aliphatic carbocycles. The highest BCUT2D eigenvalue weighted by molar-refractivity contribution is 7.19. The summed E-state index contributed by atoms with van der Waals surface area (Å²) in [6, 6.07) is 2.65. The molecule has 0 aromatic carbocycles. The van der Waals surface area contributed by atoms with Crippen molar-refractivity contribution in [3.05, 3.63) is 10.4 Å². The van der Waals surface area contributed by atoms with E-state index in [-0.39, 0.29) is 5.78 Å². The molecule has 3 saturated carbocycles. The number of nitrogens with two attached hydrogens (primary N) is 1. The molecule has 1 heterocycles. The van der Waals surface area contributed by atoms with Crippen LogP contribution in [0.25, 0.3) is 0 Å². The second-order valence-electron chi connectivity index (χ2n) is 6.38. The molecule has 1 aromatic rings. The Labute approximate surface area is 122 Å². The van der Waals surface area contributed by atoms with Crippen LogP contribution in [-0.4, -0.2) is 11.8 Å². The second-order valence-corrected chi connectivity index (χ2v) is 7.40. The van der Waals surface area contributed by atoms with Gasteiger partial charge in [0.05, 0.1) is 10.6 Å². The largest absolute Gasteiger partial charge is 0.396 e. The van der Waals surface area contributed by atoms with E-state index in [0.717, 1.165) is 28.7 Å². The number of nitrogens with one attached hydrogen (secondary N) is 1. The summed E-state index contributed by atoms with van der Waals surface area (Å²) in [4.78, 5) is 12.1. The smallest absolute Gasteiger partial charge is 0.171 e. The average molecular weight is 287 g/mol. The SMILES string of the molecule is CC(=O)c1sc(NC2C3C4CCC(C4)C23)c(C#N)c1N. The lowest BCUT2D eigenvalue weighted by Crippen LogP contribution is -2.12. The van der Waals surface area contributed by atoms with Crippen LogP contribution in [0.3, 0.4) is 0 Å². The number of rotatable bonds is 3. The molecule has 5 heteroatoms. The Balaban J connectivity index is 1.60. The number of carbonyl (C=O) groups excluding carboxylic acids is 1. The van der Waals surface area contributed by atoms with Gasteiger partial charge in [0.1, 0.15) is 16.6 Å². The van der Waals surface area contributed by atoms with Crippen LogP contribution in [-0.2, 0) is 0 Å². The van der Waals surface area contributed by atoms with E-state index in [1.54, 1.807) is 0 Å². The lowest BCUT2D eigenvalue weighted by atomic mass is 10.0. The van der Waals surface area contributed by atoms with Crippen LogP contribution < -0.4 is 11.1 Å². The third kappa shape index (κ3) is 1.49. The molecule has 3 N–H and O–H groups in total. The summed E-state index contributed by atoms with van der Waals surface area (Å²) in [7, 11) is 0. The molecule has 1 aromatic heterocycles. The number of hydrogen-bond acceptors (Lipinski definition) is 5. The lowest BCUT2D eigenvalue weighted by Gasteiger charge is -2.10. The fourth-order valence-corrected chi connectivity index (χ4v) is 5.60. The highest BCUT2D eigenvalue weighted by Gasteiger charge is 2.65. The molecule has 4 nitrogen and oxygen atoms in total. The van der Waals surface area contributed by atoms with Crippen LogP contribution in [0.15, 0.2) is 0 Å². The number of thiophene rings is 1. The molecule has 4 atom stereocenters. The minimum absolute atomic E-state index is 0.0619. The summed E-state index contributed by atoms with van der Waals surface area (Å²) in [5.74, 6) is 3.30. The Morgan fingerprint density at radius 1 is 1.40 bits per heavy atom. The first-order chi connectivity index (χ1) is 9.61. The minimum Gasteiger partial charge on any atom is -0.396 e. The zero-order valence-corrected chi connectivity index (χ0v) is 12.2. The van der Waals surface area contributed by atoms with Crippen molar-refractivity contribution in [2.45, 2.75) is 32.2 Å². The van der Waals surface area contributed by atoms with E-state index in [9.17, 15) is 10.1 Å². The van der Waals surface area contributed by atoms with Crippen molar-refractivity contribution >= 4 is 27.8 Å². The monoisotopic (exact) mass is 287 g/mol.